The molecule has 3 N–H and O–H groups in total. The molecule has 0 aliphatic carbocycles. The van der Waals surface area contributed by atoms with Gasteiger partial charge in [-0.25, -0.2) is 0 Å². The maximum absolute atomic E-state index is 11.5. The van der Waals surface area contributed by atoms with Gasteiger partial charge in [-0.1, -0.05) is 79.8 Å². The Kier molecular flexibility index (Phi) is 19.9. The van der Waals surface area contributed by atoms with Gasteiger partial charge in [0.15, 0.2) is 0 Å². The van der Waals surface area contributed by atoms with Crippen LogP contribution in [0, 0.1) is 0 Å². The van der Waals surface area contributed by atoms with Gasteiger partial charge in [0.2, 0.25) is 0 Å². The summed E-state index contributed by atoms with van der Waals surface area (Å²) >= 11 is 0. The van der Waals surface area contributed by atoms with Gasteiger partial charge in [0.05, 0.1) is 19.3 Å². The highest BCUT2D eigenvalue weighted by Gasteiger charge is 2.13. The summed E-state index contributed by atoms with van der Waals surface area (Å²) in [4.78, 5) is 11.5. The second-order valence-corrected chi connectivity index (χ2v) is 6.63. The topological polar surface area (TPSA) is 87.0 Å². The molecular formula is C25H38O5. The van der Waals surface area contributed by atoms with Gasteiger partial charge in [-0.3, -0.25) is 4.79 Å². The number of hydrogen-bond donors (Lipinski definition) is 3. The fourth-order valence-electron chi connectivity index (χ4n) is 2.24. The van der Waals surface area contributed by atoms with E-state index in [0.29, 0.717) is 0 Å². The van der Waals surface area contributed by atoms with E-state index in [0.717, 1.165) is 32.1 Å². The summed E-state index contributed by atoms with van der Waals surface area (Å²) < 4.78 is 4.83. The summed E-state index contributed by atoms with van der Waals surface area (Å²) in [5.41, 5.74) is 0. The molecule has 30 heavy (non-hydrogen) atoms. The summed E-state index contributed by atoms with van der Waals surface area (Å²) in [7, 11) is 0. The smallest absolute Gasteiger partial charge is 0.306 e. The standard InChI is InChI=1S/C25H38O5/c1-2-3-4-5-6-7-8-9-10-11-12-13-14-15-16-17-18-23(28)19-20-25(29)30-24(21-26)22-27/h3-4,6-7,9-10,12-13,15-18,23-24,26-28H,2,5,8,11,14,19-22H2,1H3/b4-3-,7-6-,10-9-,13-12-,16-15-,18-17-. The molecule has 0 spiro atoms. The molecule has 5 nitrogen and oxygen atoms in total. The SMILES string of the molecule is CC/C=C\C/C=C\C/C=C\C/C=C\C/C=C\C=C/C(O)CCC(=O)OC(CO)CO. The van der Waals surface area contributed by atoms with E-state index in [2.05, 4.69) is 55.5 Å². The number of ether oxygens (including phenoxy) is 1. The number of hydrogen-bond acceptors (Lipinski definition) is 5. The molecular weight excluding hydrogens is 380 g/mol. The highest BCUT2D eigenvalue weighted by Crippen LogP contribution is 2.03. The molecule has 0 saturated heterocycles. The van der Waals surface area contributed by atoms with Crippen molar-refractivity contribution >= 4 is 5.97 Å². The minimum absolute atomic E-state index is 0.0215. The summed E-state index contributed by atoms with van der Waals surface area (Å²) in [5.74, 6) is -0.551. The Morgan fingerprint density at radius 2 is 1.30 bits per heavy atom. The summed E-state index contributed by atoms with van der Waals surface area (Å²) in [6, 6.07) is 0. The second kappa shape index (κ2) is 21.5. The quantitative estimate of drug-likeness (QED) is 0.186. The van der Waals surface area contributed by atoms with Gasteiger partial charge in [0, 0.05) is 6.42 Å². The van der Waals surface area contributed by atoms with Crippen LogP contribution in [0.5, 0.6) is 0 Å². The van der Waals surface area contributed by atoms with Gasteiger partial charge in [0.25, 0.3) is 0 Å². The van der Waals surface area contributed by atoms with Crippen LogP contribution in [-0.2, 0) is 9.53 Å². The van der Waals surface area contributed by atoms with Crippen LogP contribution in [0.4, 0.5) is 0 Å². The Hall–Kier alpha value is -2.21. The van der Waals surface area contributed by atoms with Crippen LogP contribution < -0.4 is 0 Å². The molecule has 0 aliphatic heterocycles. The van der Waals surface area contributed by atoms with E-state index in [1.807, 2.05) is 12.2 Å². The molecule has 0 saturated carbocycles. The van der Waals surface area contributed by atoms with Gasteiger partial charge >= 0.3 is 5.97 Å². The highest BCUT2D eigenvalue weighted by molar-refractivity contribution is 5.69. The van der Waals surface area contributed by atoms with Crippen molar-refractivity contribution in [2.75, 3.05) is 13.2 Å². The first-order chi connectivity index (χ1) is 14.6. The lowest BCUT2D eigenvalue weighted by atomic mass is 10.2. The maximum Gasteiger partial charge on any atom is 0.306 e. The van der Waals surface area contributed by atoms with E-state index in [4.69, 9.17) is 14.9 Å². The average Bonchev–Trinajstić information content (AvgIpc) is 2.75. The number of aliphatic hydroxyl groups is 3. The molecule has 0 amide bonds. The number of aliphatic hydroxyl groups excluding tert-OH is 3. The Balaban J connectivity index is 3.80. The predicted molar refractivity (Wildman–Crippen MR) is 123 cm³/mol. The average molecular weight is 419 g/mol. The number of allylic oxidation sites excluding steroid dienone is 11. The van der Waals surface area contributed by atoms with Crippen LogP contribution in [-0.4, -0.2) is 46.7 Å². The summed E-state index contributed by atoms with van der Waals surface area (Å²) in [6.45, 7) is 1.29. The highest BCUT2D eigenvalue weighted by atomic mass is 16.6. The largest absolute Gasteiger partial charge is 0.457 e. The first-order valence-corrected chi connectivity index (χ1v) is 10.7. The molecule has 0 radical (unpaired) electrons. The Labute approximate surface area is 181 Å². The zero-order valence-corrected chi connectivity index (χ0v) is 18.1. The summed E-state index contributed by atoms with van der Waals surface area (Å²) in [6.07, 6.45) is 27.8. The Morgan fingerprint density at radius 1 is 0.800 bits per heavy atom. The van der Waals surface area contributed by atoms with E-state index in [1.165, 1.54) is 0 Å². The molecule has 1 unspecified atom stereocenters. The monoisotopic (exact) mass is 418 g/mol. The van der Waals surface area contributed by atoms with Crippen LogP contribution in [0.2, 0.25) is 0 Å². The van der Waals surface area contributed by atoms with Crippen molar-refractivity contribution in [2.45, 2.75) is 64.1 Å². The van der Waals surface area contributed by atoms with Crippen LogP contribution in [0.1, 0.15) is 51.9 Å². The van der Waals surface area contributed by atoms with Crippen molar-refractivity contribution in [1.29, 1.82) is 0 Å². The molecule has 0 aromatic carbocycles. The molecule has 0 fully saturated rings. The van der Waals surface area contributed by atoms with Gasteiger partial charge in [0.1, 0.15) is 6.10 Å². The Bertz CT molecular complexity index is 580. The van der Waals surface area contributed by atoms with Crippen molar-refractivity contribution in [3.8, 4) is 0 Å². The number of esters is 1. The molecule has 168 valence electrons. The van der Waals surface area contributed by atoms with Crippen LogP contribution >= 0.6 is 0 Å². The molecule has 5 heteroatoms. The molecule has 0 aromatic rings. The number of carbonyl (C=O) groups excluding carboxylic acids is 1. The molecule has 0 bridgehead atoms. The third-order valence-electron chi connectivity index (χ3n) is 3.92. The van der Waals surface area contributed by atoms with Crippen molar-refractivity contribution < 1.29 is 24.9 Å². The summed E-state index contributed by atoms with van der Waals surface area (Å²) in [5, 5.41) is 27.5. The third kappa shape index (κ3) is 19.1. The van der Waals surface area contributed by atoms with Gasteiger partial charge in [-0.2, -0.15) is 0 Å². The first kappa shape index (κ1) is 27.8. The van der Waals surface area contributed by atoms with Crippen LogP contribution in [0.15, 0.2) is 72.9 Å². The normalized spacial score (nSPS) is 14.0. The lowest BCUT2D eigenvalue weighted by molar-refractivity contribution is -0.153. The zero-order valence-electron chi connectivity index (χ0n) is 18.1. The van der Waals surface area contributed by atoms with Crippen molar-refractivity contribution in [3.05, 3.63) is 72.9 Å². The fourth-order valence-corrected chi connectivity index (χ4v) is 2.24. The maximum atomic E-state index is 11.5. The molecule has 0 heterocycles. The molecule has 0 aliphatic rings. The molecule has 0 aromatic heterocycles. The van der Waals surface area contributed by atoms with E-state index in [-0.39, 0.29) is 12.8 Å². The molecule has 0 rings (SSSR count). The second-order valence-electron chi connectivity index (χ2n) is 6.63. The van der Waals surface area contributed by atoms with Crippen molar-refractivity contribution in [1.82, 2.24) is 0 Å². The van der Waals surface area contributed by atoms with Gasteiger partial charge in [-0.05, 0) is 38.5 Å². The minimum atomic E-state index is -0.897. The zero-order chi connectivity index (χ0) is 22.3. The van der Waals surface area contributed by atoms with E-state index in [1.54, 1.807) is 12.2 Å². The lowest BCUT2D eigenvalue weighted by Gasteiger charge is -2.12. The van der Waals surface area contributed by atoms with Gasteiger partial charge < -0.3 is 20.1 Å². The molecule has 1 atom stereocenters. The van der Waals surface area contributed by atoms with E-state index >= 15 is 0 Å². The fraction of sp³-hybridized carbons (Fsp3) is 0.480. The predicted octanol–water partition coefficient (Wildman–Crippen LogP) is 4.33. The van der Waals surface area contributed by atoms with E-state index < -0.39 is 31.4 Å². The third-order valence-corrected chi connectivity index (χ3v) is 3.92. The first-order valence-electron chi connectivity index (χ1n) is 10.7. The van der Waals surface area contributed by atoms with Crippen LogP contribution in [0.25, 0.3) is 0 Å². The lowest BCUT2D eigenvalue weighted by Crippen LogP contribution is -2.25. The van der Waals surface area contributed by atoms with Crippen LogP contribution in [0.3, 0.4) is 0 Å². The Morgan fingerprint density at radius 3 is 1.80 bits per heavy atom. The van der Waals surface area contributed by atoms with Crippen molar-refractivity contribution in [3.63, 3.8) is 0 Å². The van der Waals surface area contributed by atoms with E-state index in [9.17, 15) is 9.90 Å². The number of rotatable bonds is 17. The van der Waals surface area contributed by atoms with Gasteiger partial charge in [-0.15, -0.1) is 0 Å². The minimum Gasteiger partial charge on any atom is -0.457 e. The van der Waals surface area contributed by atoms with Crippen molar-refractivity contribution in [2.24, 2.45) is 0 Å². The number of carbonyl (C=O) groups is 1.